The molecule has 1 amide bonds. The smallest absolute Gasteiger partial charge is 0.251 e. The number of aromatic nitrogens is 1. The number of pyridine rings is 1. The summed E-state index contributed by atoms with van der Waals surface area (Å²) in [6.07, 6.45) is 3.66. The lowest BCUT2D eigenvalue weighted by Crippen LogP contribution is -2.46. The van der Waals surface area contributed by atoms with Crippen molar-refractivity contribution in [1.82, 2.24) is 9.88 Å². The van der Waals surface area contributed by atoms with E-state index in [2.05, 4.69) is 4.98 Å². The topological polar surface area (TPSA) is 79.2 Å². The molecule has 0 saturated carbocycles. The lowest BCUT2D eigenvalue weighted by molar-refractivity contribution is -0.131. The lowest BCUT2D eigenvalue weighted by atomic mass is 9.94. The molecule has 18 heavy (non-hydrogen) atoms. The molecule has 0 radical (unpaired) electrons. The van der Waals surface area contributed by atoms with Crippen LogP contribution in [0.2, 0.25) is 0 Å². The number of likely N-dealkylation sites (tertiary alicyclic amines) is 1. The van der Waals surface area contributed by atoms with Crippen LogP contribution in [0.15, 0.2) is 23.1 Å². The largest absolute Gasteiger partial charge is 0.341 e. The monoisotopic (exact) mass is 249 g/mol. The minimum atomic E-state index is -0.647. The molecule has 2 rings (SSSR count). The van der Waals surface area contributed by atoms with Crippen LogP contribution in [-0.2, 0) is 4.79 Å². The van der Waals surface area contributed by atoms with Crippen molar-refractivity contribution in [2.75, 3.05) is 13.1 Å². The van der Waals surface area contributed by atoms with E-state index in [1.165, 1.54) is 0 Å². The van der Waals surface area contributed by atoms with E-state index in [9.17, 15) is 9.59 Å². The number of carbonyl (C=O) groups is 1. The summed E-state index contributed by atoms with van der Waals surface area (Å²) in [6, 6.07) is 2.83. The number of nitrogens with one attached hydrogen (secondary N) is 1. The van der Waals surface area contributed by atoms with Crippen molar-refractivity contribution in [1.29, 1.82) is 0 Å². The van der Waals surface area contributed by atoms with Gasteiger partial charge < -0.3 is 15.6 Å². The van der Waals surface area contributed by atoms with Gasteiger partial charge in [0.25, 0.3) is 5.56 Å². The molecule has 0 aromatic carbocycles. The van der Waals surface area contributed by atoms with Gasteiger partial charge in [-0.1, -0.05) is 13.0 Å². The standard InChI is InChI=1S/C13H19N3O2/c1-9(10-5-4-6-15-12(10)17)11(14)13(18)16-7-2-3-8-16/h4-6,9,11H,2-3,7-8,14H2,1H3,(H,15,17)/t9-,11+/m0/s1. The van der Waals surface area contributed by atoms with E-state index >= 15 is 0 Å². The summed E-state index contributed by atoms with van der Waals surface area (Å²) in [5.41, 5.74) is 6.39. The second-order valence-corrected chi connectivity index (χ2v) is 4.80. The first kappa shape index (κ1) is 12.8. The molecule has 0 spiro atoms. The van der Waals surface area contributed by atoms with Gasteiger partial charge in [0, 0.05) is 30.8 Å². The Labute approximate surface area is 106 Å². The second-order valence-electron chi connectivity index (χ2n) is 4.80. The van der Waals surface area contributed by atoms with E-state index in [4.69, 9.17) is 5.73 Å². The molecule has 1 aliphatic heterocycles. The number of amides is 1. The highest BCUT2D eigenvalue weighted by atomic mass is 16.2. The first-order valence-corrected chi connectivity index (χ1v) is 6.33. The van der Waals surface area contributed by atoms with Gasteiger partial charge >= 0.3 is 0 Å². The van der Waals surface area contributed by atoms with Crippen molar-refractivity contribution in [3.05, 3.63) is 34.2 Å². The highest BCUT2D eigenvalue weighted by Gasteiger charge is 2.29. The van der Waals surface area contributed by atoms with Crippen molar-refractivity contribution in [2.24, 2.45) is 5.73 Å². The zero-order valence-corrected chi connectivity index (χ0v) is 10.6. The Morgan fingerprint density at radius 1 is 1.44 bits per heavy atom. The quantitative estimate of drug-likeness (QED) is 0.815. The van der Waals surface area contributed by atoms with Crippen LogP contribution in [0.4, 0.5) is 0 Å². The minimum absolute atomic E-state index is 0.0525. The zero-order valence-electron chi connectivity index (χ0n) is 10.6. The third-order valence-electron chi connectivity index (χ3n) is 3.58. The van der Waals surface area contributed by atoms with Gasteiger partial charge in [0.15, 0.2) is 0 Å². The summed E-state index contributed by atoms with van der Waals surface area (Å²) in [5, 5.41) is 0. The third-order valence-corrected chi connectivity index (χ3v) is 3.58. The van der Waals surface area contributed by atoms with Crippen LogP contribution in [-0.4, -0.2) is 34.9 Å². The molecule has 2 heterocycles. The van der Waals surface area contributed by atoms with Crippen LogP contribution in [0.3, 0.4) is 0 Å². The average molecular weight is 249 g/mol. The maximum absolute atomic E-state index is 12.2. The molecule has 0 bridgehead atoms. The maximum Gasteiger partial charge on any atom is 0.251 e. The summed E-state index contributed by atoms with van der Waals surface area (Å²) >= 11 is 0. The van der Waals surface area contributed by atoms with Crippen LogP contribution < -0.4 is 11.3 Å². The first-order chi connectivity index (χ1) is 8.61. The first-order valence-electron chi connectivity index (χ1n) is 6.33. The third kappa shape index (κ3) is 2.46. The Kier molecular flexibility index (Phi) is 3.81. The summed E-state index contributed by atoms with van der Waals surface area (Å²) in [7, 11) is 0. The number of carbonyl (C=O) groups excluding carboxylic acids is 1. The van der Waals surface area contributed by atoms with Gasteiger partial charge in [-0.15, -0.1) is 0 Å². The van der Waals surface area contributed by atoms with E-state index in [0.29, 0.717) is 5.56 Å². The van der Waals surface area contributed by atoms with Gasteiger partial charge in [0.1, 0.15) is 0 Å². The van der Waals surface area contributed by atoms with Gasteiger partial charge in [-0.3, -0.25) is 9.59 Å². The highest BCUT2D eigenvalue weighted by Crippen LogP contribution is 2.18. The van der Waals surface area contributed by atoms with E-state index in [-0.39, 0.29) is 17.4 Å². The predicted molar refractivity (Wildman–Crippen MR) is 69.3 cm³/mol. The van der Waals surface area contributed by atoms with E-state index in [1.807, 2.05) is 6.92 Å². The van der Waals surface area contributed by atoms with Crippen LogP contribution in [0.25, 0.3) is 0 Å². The molecule has 5 nitrogen and oxygen atoms in total. The number of hydrogen-bond donors (Lipinski definition) is 2. The van der Waals surface area contributed by atoms with Gasteiger partial charge in [0.2, 0.25) is 5.91 Å². The number of nitrogens with two attached hydrogens (primary N) is 1. The van der Waals surface area contributed by atoms with Crippen LogP contribution >= 0.6 is 0 Å². The number of rotatable bonds is 3. The molecule has 0 unspecified atom stereocenters. The van der Waals surface area contributed by atoms with Crippen LogP contribution in [0.1, 0.15) is 31.2 Å². The summed E-state index contributed by atoms with van der Waals surface area (Å²) in [5.74, 6) is -0.327. The number of nitrogens with zero attached hydrogens (tertiary/aromatic N) is 1. The molecule has 5 heteroatoms. The Morgan fingerprint density at radius 2 is 2.11 bits per heavy atom. The average Bonchev–Trinajstić information content (AvgIpc) is 2.90. The fraction of sp³-hybridized carbons (Fsp3) is 0.538. The molecular weight excluding hydrogens is 230 g/mol. The molecule has 0 aliphatic carbocycles. The molecule has 1 aromatic heterocycles. The van der Waals surface area contributed by atoms with E-state index in [0.717, 1.165) is 25.9 Å². The molecular formula is C13H19N3O2. The lowest BCUT2D eigenvalue weighted by Gasteiger charge is -2.24. The van der Waals surface area contributed by atoms with Crippen molar-refractivity contribution in [3.8, 4) is 0 Å². The predicted octanol–water partition coefficient (Wildman–Crippen LogP) is 0.428. The van der Waals surface area contributed by atoms with E-state index in [1.54, 1.807) is 23.2 Å². The van der Waals surface area contributed by atoms with Gasteiger partial charge in [-0.25, -0.2) is 0 Å². The van der Waals surface area contributed by atoms with Crippen molar-refractivity contribution in [2.45, 2.75) is 31.7 Å². The van der Waals surface area contributed by atoms with Gasteiger partial charge in [-0.05, 0) is 18.9 Å². The van der Waals surface area contributed by atoms with Crippen molar-refractivity contribution in [3.63, 3.8) is 0 Å². The Balaban J connectivity index is 2.13. The summed E-state index contributed by atoms with van der Waals surface area (Å²) in [6.45, 7) is 3.39. The maximum atomic E-state index is 12.2. The number of hydrogen-bond acceptors (Lipinski definition) is 3. The second kappa shape index (κ2) is 5.35. The zero-order chi connectivity index (χ0) is 13.1. The van der Waals surface area contributed by atoms with Gasteiger partial charge in [0.05, 0.1) is 6.04 Å². The molecule has 1 fully saturated rings. The molecule has 1 saturated heterocycles. The molecule has 1 aromatic rings. The van der Waals surface area contributed by atoms with Crippen LogP contribution in [0, 0.1) is 0 Å². The molecule has 3 N–H and O–H groups in total. The summed E-state index contributed by atoms with van der Waals surface area (Å²) in [4.78, 5) is 28.2. The number of H-pyrrole nitrogens is 1. The molecule has 2 atom stereocenters. The van der Waals surface area contributed by atoms with Crippen LogP contribution in [0.5, 0.6) is 0 Å². The Morgan fingerprint density at radius 3 is 2.72 bits per heavy atom. The van der Waals surface area contributed by atoms with Crippen molar-refractivity contribution < 1.29 is 4.79 Å². The minimum Gasteiger partial charge on any atom is -0.341 e. The fourth-order valence-electron chi connectivity index (χ4n) is 2.35. The van der Waals surface area contributed by atoms with E-state index < -0.39 is 6.04 Å². The van der Waals surface area contributed by atoms with Crippen molar-refractivity contribution >= 4 is 5.91 Å². The fourth-order valence-corrected chi connectivity index (χ4v) is 2.35. The Bertz CT molecular complexity index is 477. The molecule has 1 aliphatic rings. The SMILES string of the molecule is C[C@@H](c1ccc[nH]c1=O)[C@@H](N)C(=O)N1CCCC1. The van der Waals surface area contributed by atoms with Gasteiger partial charge in [-0.2, -0.15) is 0 Å². The summed E-state index contributed by atoms with van der Waals surface area (Å²) < 4.78 is 0. The molecule has 98 valence electrons. The Hall–Kier alpha value is -1.62. The number of aromatic amines is 1. The highest BCUT2D eigenvalue weighted by molar-refractivity contribution is 5.83. The normalized spacial score (nSPS) is 18.7.